The smallest absolute Gasteiger partial charge is 0.221 e. The Bertz CT molecular complexity index is 358. The van der Waals surface area contributed by atoms with E-state index >= 15 is 0 Å². The summed E-state index contributed by atoms with van der Waals surface area (Å²) >= 11 is 6.03. The molecule has 1 unspecified atom stereocenters. The van der Waals surface area contributed by atoms with E-state index in [2.05, 4.69) is 23.8 Å². The second kappa shape index (κ2) is 8.30. The number of unbranched alkanes of at least 4 members (excludes halogenated alkanes) is 3. The quantitative estimate of drug-likeness (QED) is 0.518. The Balaban J connectivity index is 2.48. The van der Waals surface area contributed by atoms with Crippen LogP contribution < -0.4 is 4.74 Å². The van der Waals surface area contributed by atoms with Gasteiger partial charge in [-0.15, -0.1) is 0 Å². The van der Waals surface area contributed by atoms with Gasteiger partial charge in [0.25, 0.3) is 0 Å². The van der Waals surface area contributed by atoms with Gasteiger partial charge < -0.3 is 4.74 Å². The molecule has 1 rings (SSSR count). The summed E-state index contributed by atoms with van der Waals surface area (Å²) in [5.41, 5.74) is 0.902. The number of ether oxygens (including phenoxy) is 1. The number of nitrogens with zero attached hydrogens (tertiary/aromatic N) is 2. The highest BCUT2D eigenvalue weighted by atomic mass is 35.5. The molecule has 0 N–H and O–H groups in total. The average Bonchev–Trinajstić information content (AvgIpc) is 2.35. The summed E-state index contributed by atoms with van der Waals surface area (Å²) in [6.07, 6.45) is 8.52. The van der Waals surface area contributed by atoms with E-state index in [0.717, 1.165) is 18.4 Å². The Morgan fingerprint density at radius 1 is 1.22 bits per heavy atom. The van der Waals surface area contributed by atoms with E-state index in [0.29, 0.717) is 11.0 Å². The van der Waals surface area contributed by atoms with E-state index in [4.69, 9.17) is 16.3 Å². The molecule has 0 aliphatic rings. The van der Waals surface area contributed by atoms with Crippen LogP contribution in [0.25, 0.3) is 0 Å². The Labute approximate surface area is 115 Å². The molecule has 0 spiro atoms. The van der Waals surface area contributed by atoms with Crippen molar-refractivity contribution >= 4 is 11.6 Å². The van der Waals surface area contributed by atoms with Crippen LogP contribution in [0.2, 0.25) is 5.15 Å². The van der Waals surface area contributed by atoms with Gasteiger partial charge in [-0.1, -0.05) is 44.7 Å². The molecule has 1 atom stereocenters. The third-order valence-electron chi connectivity index (χ3n) is 2.98. The fourth-order valence-electron chi connectivity index (χ4n) is 1.88. The van der Waals surface area contributed by atoms with E-state index in [1.54, 1.807) is 0 Å². The lowest BCUT2D eigenvalue weighted by atomic mass is 10.1. The molecule has 0 bridgehead atoms. The lowest BCUT2D eigenvalue weighted by molar-refractivity contribution is 0.196. The fraction of sp³-hybridized carbons (Fsp3) is 0.714. The van der Waals surface area contributed by atoms with Crippen LogP contribution in [0.4, 0.5) is 0 Å². The normalized spacial score (nSPS) is 12.4. The first-order valence-electron chi connectivity index (χ1n) is 6.85. The summed E-state index contributed by atoms with van der Waals surface area (Å²) in [6.45, 7) is 6.33. The molecule has 1 aromatic rings. The molecular formula is C14H23ClN2O. The van der Waals surface area contributed by atoms with Gasteiger partial charge in [-0.25, -0.2) is 9.97 Å². The summed E-state index contributed by atoms with van der Waals surface area (Å²) in [6, 6.07) is 0. The van der Waals surface area contributed by atoms with Crippen molar-refractivity contribution in [2.75, 3.05) is 0 Å². The summed E-state index contributed by atoms with van der Waals surface area (Å²) in [5.74, 6) is 0.639. The summed E-state index contributed by atoms with van der Waals surface area (Å²) in [5, 5.41) is 0.501. The third-order valence-corrected chi connectivity index (χ3v) is 3.31. The largest absolute Gasteiger partial charge is 0.474 e. The zero-order valence-electron chi connectivity index (χ0n) is 11.6. The monoisotopic (exact) mass is 270 g/mol. The molecule has 0 aliphatic heterocycles. The van der Waals surface area contributed by atoms with Crippen molar-refractivity contribution in [2.45, 2.75) is 65.4 Å². The van der Waals surface area contributed by atoms with Crippen molar-refractivity contribution in [3.8, 4) is 5.88 Å². The van der Waals surface area contributed by atoms with Crippen LogP contribution in [-0.2, 0) is 6.42 Å². The predicted molar refractivity (Wildman–Crippen MR) is 75.3 cm³/mol. The molecule has 0 radical (unpaired) electrons. The number of hydrogen-bond donors (Lipinski definition) is 0. The standard InChI is InChI=1S/C14H23ClN2O/c1-4-6-7-8-9-11(3)18-14-12(5-2)13(15)16-10-17-14/h10-11H,4-9H2,1-3H3. The fourth-order valence-corrected chi connectivity index (χ4v) is 2.14. The van der Waals surface area contributed by atoms with Gasteiger partial charge in [0.05, 0.1) is 11.7 Å². The molecule has 0 aliphatic carbocycles. The summed E-state index contributed by atoms with van der Waals surface area (Å²) in [7, 11) is 0. The minimum atomic E-state index is 0.179. The van der Waals surface area contributed by atoms with Crippen LogP contribution in [0.5, 0.6) is 5.88 Å². The molecule has 0 fully saturated rings. The first-order valence-corrected chi connectivity index (χ1v) is 7.22. The molecule has 3 nitrogen and oxygen atoms in total. The zero-order chi connectivity index (χ0) is 13.4. The Kier molecular flexibility index (Phi) is 7.02. The molecule has 0 saturated carbocycles. The van der Waals surface area contributed by atoms with E-state index in [1.165, 1.54) is 32.0 Å². The first-order chi connectivity index (χ1) is 8.69. The Morgan fingerprint density at radius 3 is 2.67 bits per heavy atom. The Hall–Kier alpha value is -0.830. The zero-order valence-corrected chi connectivity index (χ0v) is 12.3. The van der Waals surface area contributed by atoms with Gasteiger partial charge in [-0.3, -0.25) is 0 Å². The van der Waals surface area contributed by atoms with Crippen LogP contribution in [0, 0.1) is 0 Å². The molecular weight excluding hydrogens is 248 g/mol. The van der Waals surface area contributed by atoms with Gasteiger partial charge in [0, 0.05) is 0 Å². The molecule has 1 heterocycles. The van der Waals surface area contributed by atoms with Crippen molar-refractivity contribution < 1.29 is 4.74 Å². The van der Waals surface area contributed by atoms with Gasteiger partial charge in [0.15, 0.2) is 0 Å². The van der Waals surface area contributed by atoms with Gasteiger partial charge in [0.2, 0.25) is 5.88 Å². The highest BCUT2D eigenvalue weighted by Crippen LogP contribution is 2.23. The minimum absolute atomic E-state index is 0.179. The lowest BCUT2D eigenvalue weighted by Gasteiger charge is -2.16. The van der Waals surface area contributed by atoms with Crippen LogP contribution >= 0.6 is 11.6 Å². The van der Waals surface area contributed by atoms with Crippen molar-refractivity contribution in [1.82, 2.24) is 9.97 Å². The first kappa shape index (κ1) is 15.2. The van der Waals surface area contributed by atoms with E-state index in [1.807, 2.05) is 6.92 Å². The van der Waals surface area contributed by atoms with Gasteiger partial charge in [-0.2, -0.15) is 0 Å². The second-order valence-electron chi connectivity index (χ2n) is 4.58. The van der Waals surface area contributed by atoms with Crippen LogP contribution in [0.1, 0.15) is 58.4 Å². The topological polar surface area (TPSA) is 35.0 Å². The van der Waals surface area contributed by atoms with Crippen LogP contribution in [-0.4, -0.2) is 16.1 Å². The van der Waals surface area contributed by atoms with E-state index in [9.17, 15) is 0 Å². The number of halogens is 1. The second-order valence-corrected chi connectivity index (χ2v) is 4.94. The molecule has 0 aromatic carbocycles. The van der Waals surface area contributed by atoms with Crippen LogP contribution in [0.15, 0.2) is 6.33 Å². The maximum absolute atomic E-state index is 6.03. The predicted octanol–water partition coefficient (Wildman–Crippen LogP) is 4.43. The van der Waals surface area contributed by atoms with Gasteiger partial charge in [-0.05, 0) is 26.2 Å². The molecule has 0 saturated heterocycles. The number of rotatable bonds is 8. The lowest BCUT2D eigenvalue weighted by Crippen LogP contribution is -2.14. The van der Waals surface area contributed by atoms with E-state index in [-0.39, 0.29) is 6.10 Å². The molecule has 1 aromatic heterocycles. The highest BCUT2D eigenvalue weighted by molar-refractivity contribution is 6.30. The maximum atomic E-state index is 6.03. The van der Waals surface area contributed by atoms with E-state index < -0.39 is 0 Å². The van der Waals surface area contributed by atoms with Gasteiger partial charge in [0.1, 0.15) is 11.5 Å². The Morgan fingerprint density at radius 2 is 2.00 bits per heavy atom. The highest BCUT2D eigenvalue weighted by Gasteiger charge is 2.12. The summed E-state index contributed by atoms with van der Waals surface area (Å²) < 4.78 is 5.86. The number of hydrogen-bond acceptors (Lipinski definition) is 3. The third kappa shape index (κ3) is 4.81. The van der Waals surface area contributed by atoms with Crippen molar-refractivity contribution in [2.24, 2.45) is 0 Å². The molecule has 4 heteroatoms. The number of aromatic nitrogens is 2. The molecule has 102 valence electrons. The van der Waals surface area contributed by atoms with Crippen molar-refractivity contribution in [1.29, 1.82) is 0 Å². The molecule has 18 heavy (non-hydrogen) atoms. The summed E-state index contributed by atoms with van der Waals surface area (Å²) in [4.78, 5) is 8.16. The van der Waals surface area contributed by atoms with Crippen LogP contribution in [0.3, 0.4) is 0 Å². The van der Waals surface area contributed by atoms with Crippen molar-refractivity contribution in [3.63, 3.8) is 0 Å². The average molecular weight is 271 g/mol. The molecule has 0 amide bonds. The van der Waals surface area contributed by atoms with Crippen molar-refractivity contribution in [3.05, 3.63) is 17.0 Å². The SMILES string of the molecule is CCCCCCC(C)Oc1ncnc(Cl)c1CC. The van der Waals surface area contributed by atoms with Gasteiger partial charge >= 0.3 is 0 Å². The maximum Gasteiger partial charge on any atom is 0.221 e. The minimum Gasteiger partial charge on any atom is -0.474 e.